The molecule has 0 atom stereocenters. The second-order valence-electron chi connectivity index (χ2n) is 6.30. The summed E-state index contributed by atoms with van der Waals surface area (Å²) in [6.07, 6.45) is 1.62. The Labute approximate surface area is 157 Å². The highest BCUT2D eigenvalue weighted by Crippen LogP contribution is 2.21. The van der Waals surface area contributed by atoms with E-state index in [9.17, 15) is 4.79 Å². The summed E-state index contributed by atoms with van der Waals surface area (Å²) in [6.45, 7) is 4.59. The van der Waals surface area contributed by atoms with Crippen LogP contribution in [-0.4, -0.2) is 52.4 Å². The molecule has 26 heavy (non-hydrogen) atoms. The Kier molecular flexibility index (Phi) is 6.05. The highest BCUT2D eigenvalue weighted by atomic mass is 32.1. The number of carbonyl (C=O) groups is 1. The lowest BCUT2D eigenvalue weighted by atomic mass is 9.97. The molecule has 0 unspecified atom stereocenters. The molecule has 1 aliphatic rings. The number of benzene rings is 1. The Bertz CT molecular complexity index is 792. The van der Waals surface area contributed by atoms with Crippen LogP contribution in [-0.2, 0) is 16.2 Å². The standard InChI is InChI=1S/C18H24N4O3S/c1-3-25-17(23)14-8-10-21(11-9-14)12-22-18(26)19-16(20-22)13-4-6-15(24-2)7-5-13/h4-7,14H,3,8-12H2,1-2H3,(H,19,20,26). The molecule has 3 rings (SSSR count). The number of methoxy groups -OCH3 is 1. The fourth-order valence-corrected chi connectivity index (χ4v) is 3.30. The molecule has 1 aromatic heterocycles. The van der Waals surface area contributed by atoms with Crippen molar-refractivity contribution in [1.29, 1.82) is 0 Å². The molecule has 7 nitrogen and oxygen atoms in total. The first kappa shape index (κ1) is 18.6. The van der Waals surface area contributed by atoms with Gasteiger partial charge in [0.25, 0.3) is 0 Å². The minimum atomic E-state index is -0.0768. The average molecular weight is 376 g/mol. The lowest BCUT2D eigenvalue weighted by Crippen LogP contribution is -2.38. The molecule has 1 N–H and O–H groups in total. The first-order valence-electron chi connectivity index (χ1n) is 8.81. The molecule has 1 fully saturated rings. The highest BCUT2D eigenvalue weighted by molar-refractivity contribution is 7.71. The van der Waals surface area contributed by atoms with E-state index in [2.05, 4.69) is 15.0 Å². The molecular weight excluding hydrogens is 352 g/mol. The second-order valence-corrected chi connectivity index (χ2v) is 6.66. The number of hydrogen-bond donors (Lipinski definition) is 1. The number of nitrogens with zero attached hydrogens (tertiary/aromatic N) is 3. The lowest BCUT2D eigenvalue weighted by molar-refractivity contribution is -0.149. The molecule has 2 aromatic rings. The van der Waals surface area contributed by atoms with Crippen molar-refractivity contribution in [3.63, 3.8) is 0 Å². The van der Waals surface area contributed by atoms with Gasteiger partial charge in [0.15, 0.2) is 5.82 Å². The van der Waals surface area contributed by atoms with Crippen LogP contribution >= 0.6 is 12.2 Å². The van der Waals surface area contributed by atoms with Crippen molar-refractivity contribution in [2.75, 3.05) is 26.8 Å². The monoisotopic (exact) mass is 376 g/mol. The smallest absolute Gasteiger partial charge is 0.309 e. The Morgan fingerprint density at radius 2 is 2.00 bits per heavy atom. The van der Waals surface area contributed by atoms with Crippen LogP contribution in [0.1, 0.15) is 19.8 Å². The van der Waals surface area contributed by atoms with Gasteiger partial charge in [-0.15, -0.1) is 0 Å². The van der Waals surface area contributed by atoms with Crippen LogP contribution in [0.3, 0.4) is 0 Å². The Balaban J connectivity index is 1.62. The van der Waals surface area contributed by atoms with Gasteiger partial charge >= 0.3 is 5.97 Å². The number of likely N-dealkylation sites (tertiary alicyclic amines) is 1. The molecule has 1 aliphatic heterocycles. The van der Waals surface area contributed by atoms with Crippen molar-refractivity contribution in [1.82, 2.24) is 19.7 Å². The van der Waals surface area contributed by atoms with Gasteiger partial charge in [-0.2, -0.15) is 4.98 Å². The number of esters is 1. The average Bonchev–Trinajstić information content (AvgIpc) is 3.03. The Morgan fingerprint density at radius 1 is 1.31 bits per heavy atom. The van der Waals surface area contributed by atoms with Crippen LogP contribution in [0.5, 0.6) is 5.75 Å². The molecule has 0 radical (unpaired) electrons. The number of carbonyl (C=O) groups excluding carboxylic acids is 1. The quantitative estimate of drug-likeness (QED) is 0.617. The van der Waals surface area contributed by atoms with Gasteiger partial charge in [-0.3, -0.25) is 14.8 Å². The van der Waals surface area contributed by atoms with Crippen molar-refractivity contribution < 1.29 is 14.3 Å². The van der Waals surface area contributed by atoms with E-state index in [4.69, 9.17) is 21.7 Å². The van der Waals surface area contributed by atoms with Crippen molar-refractivity contribution in [3.05, 3.63) is 29.0 Å². The zero-order chi connectivity index (χ0) is 18.5. The molecule has 0 spiro atoms. The van der Waals surface area contributed by atoms with Crippen molar-refractivity contribution in [2.45, 2.75) is 26.4 Å². The molecule has 1 aromatic carbocycles. The largest absolute Gasteiger partial charge is 0.497 e. The number of hydrogen-bond acceptors (Lipinski definition) is 6. The van der Waals surface area contributed by atoms with Gasteiger partial charge in [0.2, 0.25) is 4.77 Å². The van der Waals surface area contributed by atoms with Crippen LogP contribution in [0.4, 0.5) is 0 Å². The Morgan fingerprint density at radius 3 is 2.62 bits per heavy atom. The van der Waals surface area contributed by atoms with Crippen LogP contribution in [0.15, 0.2) is 24.3 Å². The Hall–Kier alpha value is -2.19. The minimum absolute atomic E-state index is 0.01000. The van der Waals surface area contributed by atoms with Crippen molar-refractivity contribution in [2.24, 2.45) is 5.92 Å². The molecular formula is C18H24N4O3S. The summed E-state index contributed by atoms with van der Waals surface area (Å²) in [4.78, 5) is 18.6. The van der Waals surface area contributed by atoms with E-state index in [-0.39, 0.29) is 11.9 Å². The van der Waals surface area contributed by atoms with E-state index in [0.717, 1.165) is 43.1 Å². The van der Waals surface area contributed by atoms with Gasteiger partial charge in [-0.25, -0.2) is 4.68 Å². The summed E-state index contributed by atoms with van der Waals surface area (Å²) in [5.74, 6) is 1.47. The summed E-state index contributed by atoms with van der Waals surface area (Å²) < 4.78 is 12.7. The number of ether oxygens (including phenoxy) is 2. The van der Waals surface area contributed by atoms with Gasteiger partial charge in [0.05, 0.1) is 26.3 Å². The molecule has 140 valence electrons. The van der Waals surface area contributed by atoms with E-state index in [1.807, 2.05) is 35.9 Å². The van der Waals surface area contributed by atoms with E-state index >= 15 is 0 Å². The summed E-state index contributed by atoms with van der Waals surface area (Å²) in [6, 6.07) is 7.68. The van der Waals surface area contributed by atoms with E-state index in [1.165, 1.54) is 0 Å². The third kappa shape index (κ3) is 4.31. The zero-order valence-corrected chi connectivity index (χ0v) is 15.9. The molecule has 0 bridgehead atoms. The summed E-state index contributed by atoms with van der Waals surface area (Å²) in [5, 5.41) is 3.26. The van der Waals surface area contributed by atoms with Gasteiger partial charge in [-0.05, 0) is 56.2 Å². The fourth-order valence-electron chi connectivity index (χ4n) is 3.10. The predicted molar refractivity (Wildman–Crippen MR) is 100 cm³/mol. The maximum Gasteiger partial charge on any atom is 0.309 e. The van der Waals surface area contributed by atoms with Gasteiger partial charge < -0.3 is 9.47 Å². The van der Waals surface area contributed by atoms with Crippen LogP contribution in [0.2, 0.25) is 0 Å². The van der Waals surface area contributed by atoms with Gasteiger partial charge in [0, 0.05) is 18.7 Å². The molecule has 1 saturated heterocycles. The van der Waals surface area contributed by atoms with Gasteiger partial charge in [-0.1, -0.05) is 0 Å². The number of nitrogens with one attached hydrogen (secondary N) is 1. The SMILES string of the molecule is CCOC(=O)C1CCN(Cn2[nH]c(-c3ccc(OC)cc3)nc2=S)CC1. The van der Waals surface area contributed by atoms with E-state index in [0.29, 0.717) is 18.0 Å². The predicted octanol–water partition coefficient (Wildman–Crippen LogP) is 2.85. The minimum Gasteiger partial charge on any atom is -0.497 e. The molecule has 0 aliphatic carbocycles. The zero-order valence-electron chi connectivity index (χ0n) is 15.1. The fraction of sp³-hybridized carbons (Fsp3) is 0.500. The second kappa shape index (κ2) is 8.46. The van der Waals surface area contributed by atoms with Crippen LogP contribution in [0, 0.1) is 10.7 Å². The summed E-state index contributed by atoms with van der Waals surface area (Å²) >= 11 is 5.38. The lowest BCUT2D eigenvalue weighted by Gasteiger charge is -2.30. The third-order valence-corrected chi connectivity index (χ3v) is 4.90. The molecule has 0 saturated carbocycles. The number of piperidine rings is 1. The number of aromatic amines is 1. The molecule has 8 heteroatoms. The van der Waals surface area contributed by atoms with Gasteiger partial charge in [0.1, 0.15) is 5.75 Å². The first-order chi connectivity index (χ1) is 12.6. The number of aromatic nitrogens is 3. The number of H-pyrrole nitrogens is 1. The van der Waals surface area contributed by atoms with E-state index in [1.54, 1.807) is 7.11 Å². The topological polar surface area (TPSA) is 72.4 Å². The maximum atomic E-state index is 11.8. The molecule has 2 heterocycles. The number of rotatable bonds is 6. The van der Waals surface area contributed by atoms with Crippen LogP contribution in [0.25, 0.3) is 11.4 Å². The normalized spacial score (nSPS) is 15.8. The van der Waals surface area contributed by atoms with E-state index < -0.39 is 0 Å². The molecule has 0 amide bonds. The maximum absolute atomic E-state index is 11.8. The van der Waals surface area contributed by atoms with Crippen molar-refractivity contribution in [3.8, 4) is 17.1 Å². The first-order valence-corrected chi connectivity index (χ1v) is 9.21. The van der Waals surface area contributed by atoms with Crippen LogP contribution < -0.4 is 4.74 Å². The third-order valence-electron chi connectivity index (χ3n) is 4.59. The summed E-state index contributed by atoms with van der Waals surface area (Å²) in [7, 11) is 1.64. The van der Waals surface area contributed by atoms with Crippen molar-refractivity contribution >= 4 is 18.2 Å². The summed E-state index contributed by atoms with van der Waals surface area (Å²) in [5.41, 5.74) is 0.955. The highest BCUT2D eigenvalue weighted by Gasteiger charge is 2.26.